The highest BCUT2D eigenvalue weighted by Gasteiger charge is 2.19. The molecule has 0 spiro atoms. The van der Waals surface area contributed by atoms with Crippen LogP contribution in [0.1, 0.15) is 29.2 Å². The molecule has 0 fully saturated rings. The van der Waals surface area contributed by atoms with Crippen LogP contribution in [0.2, 0.25) is 10.0 Å². The Morgan fingerprint density at radius 1 is 1.30 bits per heavy atom. The molecule has 3 nitrogen and oxygen atoms in total. The van der Waals surface area contributed by atoms with Crippen LogP contribution in [0, 0.1) is 5.92 Å². The van der Waals surface area contributed by atoms with Crippen LogP contribution in [-0.2, 0) is 6.42 Å². The van der Waals surface area contributed by atoms with E-state index in [0.29, 0.717) is 33.1 Å². The second-order valence-corrected chi connectivity index (χ2v) is 6.73. The van der Waals surface area contributed by atoms with Gasteiger partial charge in [0.2, 0.25) is 0 Å². The number of aromatic nitrogens is 1. The zero-order valence-corrected chi connectivity index (χ0v) is 13.3. The summed E-state index contributed by atoms with van der Waals surface area (Å²) in [5, 5.41) is 10.9. The van der Waals surface area contributed by atoms with Crippen molar-refractivity contribution in [3.05, 3.63) is 38.8 Å². The van der Waals surface area contributed by atoms with Crippen LogP contribution in [0.25, 0.3) is 10.6 Å². The van der Waals surface area contributed by atoms with E-state index in [9.17, 15) is 9.90 Å². The first kappa shape index (κ1) is 15.3. The lowest BCUT2D eigenvalue weighted by Crippen LogP contribution is -2.02. The number of benzene rings is 1. The molecule has 6 heteroatoms. The molecule has 0 unspecified atom stereocenters. The fourth-order valence-corrected chi connectivity index (χ4v) is 3.29. The Hall–Kier alpha value is -1.10. The van der Waals surface area contributed by atoms with Crippen LogP contribution in [0.3, 0.4) is 0 Å². The van der Waals surface area contributed by atoms with Crippen LogP contribution < -0.4 is 0 Å². The first-order valence-electron chi connectivity index (χ1n) is 6.06. The molecular weight excluding hydrogens is 317 g/mol. The summed E-state index contributed by atoms with van der Waals surface area (Å²) in [4.78, 5) is 16.0. The maximum atomic E-state index is 11.3. The van der Waals surface area contributed by atoms with Crippen LogP contribution in [-0.4, -0.2) is 16.1 Å². The summed E-state index contributed by atoms with van der Waals surface area (Å²) in [6.07, 6.45) is 0.631. The number of thiazole rings is 1. The van der Waals surface area contributed by atoms with Gasteiger partial charge in [0, 0.05) is 15.6 Å². The minimum Gasteiger partial charge on any atom is -0.477 e. The molecule has 0 aliphatic rings. The van der Waals surface area contributed by atoms with Crippen LogP contribution in [0.15, 0.2) is 18.2 Å². The summed E-state index contributed by atoms with van der Waals surface area (Å²) in [6, 6.07) is 5.10. The van der Waals surface area contributed by atoms with Gasteiger partial charge in [0.1, 0.15) is 9.88 Å². The van der Waals surface area contributed by atoms with E-state index in [1.54, 1.807) is 18.2 Å². The van der Waals surface area contributed by atoms with Crippen molar-refractivity contribution in [3.8, 4) is 10.6 Å². The van der Waals surface area contributed by atoms with E-state index < -0.39 is 5.97 Å². The Morgan fingerprint density at radius 3 is 2.40 bits per heavy atom. The highest BCUT2D eigenvalue weighted by atomic mass is 35.5. The number of carbonyl (C=O) groups is 1. The van der Waals surface area contributed by atoms with Crippen molar-refractivity contribution in [3.63, 3.8) is 0 Å². The first-order valence-corrected chi connectivity index (χ1v) is 7.63. The van der Waals surface area contributed by atoms with Crippen molar-refractivity contribution < 1.29 is 9.90 Å². The number of rotatable bonds is 4. The van der Waals surface area contributed by atoms with Crippen LogP contribution in [0.5, 0.6) is 0 Å². The second kappa shape index (κ2) is 6.12. The van der Waals surface area contributed by atoms with Crippen LogP contribution in [0.4, 0.5) is 0 Å². The molecule has 1 heterocycles. The number of carboxylic acids is 1. The fraction of sp³-hybridized carbons (Fsp3) is 0.286. The zero-order valence-electron chi connectivity index (χ0n) is 11.0. The third kappa shape index (κ3) is 3.51. The average Bonchev–Trinajstić information content (AvgIpc) is 2.70. The van der Waals surface area contributed by atoms with Gasteiger partial charge in [-0.1, -0.05) is 37.0 Å². The molecule has 0 bridgehead atoms. The van der Waals surface area contributed by atoms with E-state index in [0.717, 1.165) is 16.9 Å². The molecule has 1 N–H and O–H groups in total. The van der Waals surface area contributed by atoms with Gasteiger partial charge < -0.3 is 5.11 Å². The second-order valence-electron chi connectivity index (χ2n) is 4.86. The van der Waals surface area contributed by atoms with Crippen molar-refractivity contribution in [2.24, 2.45) is 5.92 Å². The molecule has 0 saturated heterocycles. The topological polar surface area (TPSA) is 50.2 Å². The Balaban J connectivity index is 2.49. The van der Waals surface area contributed by atoms with Crippen molar-refractivity contribution in [2.45, 2.75) is 20.3 Å². The number of hydrogen-bond acceptors (Lipinski definition) is 3. The molecule has 0 aliphatic carbocycles. The van der Waals surface area contributed by atoms with Gasteiger partial charge in [-0.25, -0.2) is 9.78 Å². The zero-order chi connectivity index (χ0) is 14.9. The van der Waals surface area contributed by atoms with E-state index in [-0.39, 0.29) is 4.88 Å². The molecule has 2 rings (SSSR count). The average molecular weight is 330 g/mol. The fourth-order valence-electron chi connectivity index (χ4n) is 1.84. The Bertz CT molecular complexity index is 632. The van der Waals surface area contributed by atoms with E-state index >= 15 is 0 Å². The number of aromatic carboxylic acids is 1. The largest absolute Gasteiger partial charge is 0.477 e. The standard InChI is InChI=1S/C14H13Cl2NO2S/c1-7(2)3-11-12(14(18)19)20-13(17-11)8-4-9(15)6-10(16)5-8/h4-7H,3H2,1-2H3,(H,18,19). The van der Waals surface area contributed by atoms with Crippen LogP contribution >= 0.6 is 34.5 Å². The molecule has 0 amide bonds. The highest BCUT2D eigenvalue weighted by molar-refractivity contribution is 7.17. The molecule has 0 radical (unpaired) electrons. The van der Waals surface area contributed by atoms with E-state index in [2.05, 4.69) is 4.98 Å². The van der Waals surface area contributed by atoms with Gasteiger partial charge >= 0.3 is 5.97 Å². The lowest BCUT2D eigenvalue weighted by atomic mass is 10.1. The Labute approximate surface area is 131 Å². The number of halogens is 2. The lowest BCUT2D eigenvalue weighted by molar-refractivity contribution is 0.0700. The van der Waals surface area contributed by atoms with Gasteiger partial charge in [-0.2, -0.15) is 0 Å². The molecule has 1 aromatic heterocycles. The van der Waals surface area contributed by atoms with Gasteiger partial charge in [-0.3, -0.25) is 0 Å². The van der Waals surface area contributed by atoms with Gasteiger partial charge in [-0.15, -0.1) is 11.3 Å². The van der Waals surface area contributed by atoms with Crippen molar-refractivity contribution in [1.29, 1.82) is 0 Å². The van der Waals surface area contributed by atoms with Gasteiger partial charge in [-0.05, 0) is 30.5 Å². The number of hydrogen-bond donors (Lipinski definition) is 1. The number of nitrogens with zero attached hydrogens (tertiary/aromatic N) is 1. The summed E-state index contributed by atoms with van der Waals surface area (Å²) in [5.74, 6) is -0.608. The normalized spacial score (nSPS) is 11.1. The van der Waals surface area contributed by atoms with E-state index in [1.165, 1.54) is 0 Å². The monoisotopic (exact) mass is 329 g/mol. The van der Waals surface area contributed by atoms with Crippen molar-refractivity contribution in [2.75, 3.05) is 0 Å². The molecular formula is C14H13Cl2NO2S. The van der Waals surface area contributed by atoms with Gasteiger partial charge in [0.15, 0.2) is 0 Å². The summed E-state index contributed by atoms with van der Waals surface area (Å²) >= 11 is 13.1. The summed E-state index contributed by atoms with van der Waals surface area (Å²) < 4.78 is 0. The molecule has 0 saturated carbocycles. The van der Waals surface area contributed by atoms with Gasteiger partial charge in [0.05, 0.1) is 5.69 Å². The summed E-state index contributed by atoms with van der Waals surface area (Å²) in [7, 11) is 0. The minimum absolute atomic E-state index is 0.282. The summed E-state index contributed by atoms with van der Waals surface area (Å²) in [5.41, 5.74) is 1.36. The van der Waals surface area contributed by atoms with Gasteiger partial charge in [0.25, 0.3) is 0 Å². The molecule has 1 aromatic carbocycles. The molecule has 0 atom stereocenters. The summed E-state index contributed by atoms with van der Waals surface area (Å²) in [6.45, 7) is 4.06. The Kier molecular flexibility index (Phi) is 4.68. The maximum Gasteiger partial charge on any atom is 0.347 e. The van der Waals surface area contributed by atoms with E-state index in [1.807, 2.05) is 13.8 Å². The number of carboxylic acid groups (broad SMARTS) is 1. The maximum absolute atomic E-state index is 11.3. The predicted octanol–water partition coefficient (Wildman–Crippen LogP) is 5.01. The highest BCUT2D eigenvalue weighted by Crippen LogP contribution is 2.32. The molecule has 0 aliphatic heterocycles. The lowest BCUT2D eigenvalue weighted by Gasteiger charge is -2.01. The smallest absolute Gasteiger partial charge is 0.347 e. The Morgan fingerprint density at radius 2 is 1.90 bits per heavy atom. The third-order valence-electron chi connectivity index (χ3n) is 2.60. The minimum atomic E-state index is -0.947. The quantitative estimate of drug-likeness (QED) is 0.857. The molecule has 2 aromatic rings. The molecule has 20 heavy (non-hydrogen) atoms. The molecule has 106 valence electrons. The predicted molar refractivity (Wildman–Crippen MR) is 83.1 cm³/mol. The van der Waals surface area contributed by atoms with E-state index in [4.69, 9.17) is 23.2 Å². The third-order valence-corrected chi connectivity index (χ3v) is 4.17. The SMILES string of the molecule is CC(C)Cc1nc(-c2cc(Cl)cc(Cl)c2)sc1C(=O)O. The van der Waals surface area contributed by atoms with Crippen molar-refractivity contribution in [1.82, 2.24) is 4.98 Å². The first-order chi connectivity index (χ1) is 9.36. The van der Waals surface area contributed by atoms with Crippen molar-refractivity contribution >= 4 is 40.5 Å².